The zero-order valence-electron chi connectivity index (χ0n) is 10.9. The number of benzene rings is 2. The van der Waals surface area contributed by atoms with Crippen LogP contribution in [0.2, 0.25) is 0 Å². The molecule has 0 spiro atoms. The molecular weight excluding hydrogens is 230 g/mol. The van der Waals surface area contributed by atoms with E-state index in [0.29, 0.717) is 11.8 Å². The summed E-state index contributed by atoms with van der Waals surface area (Å²) in [6.07, 6.45) is 7.69. The molecule has 1 N–H and O–H groups in total. The van der Waals surface area contributed by atoms with Crippen molar-refractivity contribution >= 4 is 22.6 Å². The highest BCUT2D eigenvalue weighted by Crippen LogP contribution is 2.44. The van der Waals surface area contributed by atoms with Gasteiger partial charge in [0.25, 0.3) is 0 Å². The molecule has 0 bridgehead atoms. The normalized spacial score (nSPS) is 25.2. The summed E-state index contributed by atoms with van der Waals surface area (Å²) in [5.74, 6) is 1.17. The van der Waals surface area contributed by atoms with Gasteiger partial charge in [-0.25, -0.2) is 0 Å². The van der Waals surface area contributed by atoms with Gasteiger partial charge in [-0.1, -0.05) is 48.6 Å². The maximum atomic E-state index is 7.89. The summed E-state index contributed by atoms with van der Waals surface area (Å²) in [7, 11) is 0. The van der Waals surface area contributed by atoms with Crippen molar-refractivity contribution in [1.82, 2.24) is 0 Å². The summed E-state index contributed by atoms with van der Waals surface area (Å²) in [6, 6.07) is 13.2. The summed E-state index contributed by atoms with van der Waals surface area (Å²) < 4.78 is 0. The Balaban J connectivity index is 1.91. The minimum Gasteiger partial charge on any atom is -0.310 e. The van der Waals surface area contributed by atoms with Gasteiger partial charge in [0.05, 0.1) is 0 Å². The molecule has 1 nitrogen and oxygen atoms in total. The summed E-state index contributed by atoms with van der Waals surface area (Å²) >= 11 is 0. The van der Waals surface area contributed by atoms with Gasteiger partial charge < -0.3 is 5.41 Å². The second-order valence-electron chi connectivity index (χ2n) is 5.77. The van der Waals surface area contributed by atoms with Crippen molar-refractivity contribution in [1.29, 1.82) is 5.41 Å². The Hall–Kier alpha value is -1.89. The quantitative estimate of drug-likeness (QED) is 0.693. The lowest BCUT2D eigenvalue weighted by Crippen LogP contribution is -2.24. The van der Waals surface area contributed by atoms with E-state index in [4.69, 9.17) is 5.41 Å². The first-order valence-electron chi connectivity index (χ1n) is 7.09. The van der Waals surface area contributed by atoms with Gasteiger partial charge in [0.2, 0.25) is 0 Å². The van der Waals surface area contributed by atoms with Crippen molar-refractivity contribution in [3.8, 4) is 0 Å². The molecule has 2 unspecified atom stereocenters. The fourth-order valence-corrected chi connectivity index (χ4v) is 3.70. The first-order valence-corrected chi connectivity index (χ1v) is 7.09. The minimum absolute atomic E-state index is 0.551. The predicted octanol–water partition coefficient (Wildman–Crippen LogP) is 4.77. The number of hydrogen-bond acceptors (Lipinski definition) is 1. The molecular formula is C18H17N. The van der Waals surface area contributed by atoms with Crippen LogP contribution < -0.4 is 0 Å². The Morgan fingerprint density at radius 3 is 2.89 bits per heavy atom. The molecule has 0 amide bonds. The van der Waals surface area contributed by atoms with E-state index in [9.17, 15) is 0 Å². The van der Waals surface area contributed by atoms with Crippen LogP contribution in [0.4, 0.5) is 0 Å². The first kappa shape index (κ1) is 11.0. The zero-order valence-corrected chi connectivity index (χ0v) is 10.9. The van der Waals surface area contributed by atoms with Crippen molar-refractivity contribution in [3.63, 3.8) is 0 Å². The van der Waals surface area contributed by atoms with E-state index in [-0.39, 0.29) is 0 Å². The highest BCUT2D eigenvalue weighted by Gasteiger charge is 2.31. The Kier molecular flexibility index (Phi) is 2.34. The lowest BCUT2D eigenvalue weighted by Gasteiger charge is -2.34. The molecule has 1 fully saturated rings. The molecule has 0 aromatic heterocycles. The van der Waals surface area contributed by atoms with E-state index in [1.807, 2.05) is 0 Å². The number of hydrogen-bond donors (Lipinski definition) is 1. The summed E-state index contributed by atoms with van der Waals surface area (Å²) in [5, 5.41) is 10.6. The largest absolute Gasteiger partial charge is 0.310 e. The molecule has 2 aliphatic carbocycles. The fourth-order valence-electron chi connectivity index (χ4n) is 3.70. The van der Waals surface area contributed by atoms with Gasteiger partial charge in [0.15, 0.2) is 0 Å². The van der Waals surface area contributed by atoms with Crippen molar-refractivity contribution in [2.24, 2.45) is 5.92 Å². The molecule has 1 heteroatoms. The second-order valence-corrected chi connectivity index (χ2v) is 5.77. The van der Waals surface area contributed by atoms with Crippen LogP contribution in [0.1, 0.15) is 36.3 Å². The van der Waals surface area contributed by atoms with E-state index in [1.54, 1.807) is 0 Å². The van der Waals surface area contributed by atoms with Crippen LogP contribution in [0.5, 0.6) is 0 Å². The minimum atomic E-state index is 0.551. The molecule has 1 saturated carbocycles. The van der Waals surface area contributed by atoms with E-state index in [1.165, 1.54) is 21.9 Å². The Labute approximate surface area is 113 Å². The van der Waals surface area contributed by atoms with Gasteiger partial charge in [-0.05, 0) is 53.0 Å². The summed E-state index contributed by atoms with van der Waals surface area (Å²) in [5.41, 5.74) is 3.83. The maximum absolute atomic E-state index is 7.89. The van der Waals surface area contributed by atoms with E-state index in [0.717, 1.165) is 25.0 Å². The van der Waals surface area contributed by atoms with Gasteiger partial charge in [-0.2, -0.15) is 0 Å². The topological polar surface area (TPSA) is 23.9 Å². The number of nitrogens with one attached hydrogen (secondary N) is 1. The number of rotatable bonds is 0. The monoisotopic (exact) mass is 247 g/mol. The third-order valence-electron chi connectivity index (χ3n) is 4.67. The zero-order chi connectivity index (χ0) is 12.8. The Morgan fingerprint density at radius 1 is 1.05 bits per heavy atom. The van der Waals surface area contributed by atoms with Crippen LogP contribution in [0.25, 0.3) is 16.8 Å². The highest BCUT2D eigenvalue weighted by atomic mass is 14.5. The fraction of sp³-hybridized carbons (Fsp3) is 0.278. The summed E-state index contributed by atoms with van der Waals surface area (Å²) in [6.45, 7) is 0. The van der Waals surface area contributed by atoms with Gasteiger partial charge in [-0.15, -0.1) is 0 Å². The molecule has 94 valence electrons. The van der Waals surface area contributed by atoms with Crippen molar-refractivity contribution in [3.05, 3.63) is 53.6 Å². The van der Waals surface area contributed by atoms with Gasteiger partial charge in [0, 0.05) is 5.71 Å². The lowest BCUT2D eigenvalue weighted by atomic mass is 9.70. The SMILES string of the molecule is N=C1CCC2c3ccc4ccccc4c3C=CC2C1. The van der Waals surface area contributed by atoms with Gasteiger partial charge >= 0.3 is 0 Å². The lowest BCUT2D eigenvalue weighted by molar-refractivity contribution is 0.460. The van der Waals surface area contributed by atoms with Crippen LogP contribution >= 0.6 is 0 Å². The molecule has 2 aromatic rings. The Bertz CT molecular complexity index is 696. The standard InChI is InChI=1S/C18H17N/c19-14-7-10-16-13(11-14)6-9-17-15-4-2-1-3-12(15)5-8-18(16)17/h1-6,8-9,13,16,19H,7,10-11H2. The van der Waals surface area contributed by atoms with Crippen molar-refractivity contribution in [2.75, 3.05) is 0 Å². The van der Waals surface area contributed by atoms with Crippen LogP contribution in [-0.4, -0.2) is 5.71 Å². The molecule has 0 radical (unpaired) electrons. The van der Waals surface area contributed by atoms with Crippen molar-refractivity contribution in [2.45, 2.75) is 25.2 Å². The molecule has 4 rings (SSSR count). The van der Waals surface area contributed by atoms with E-state index < -0.39 is 0 Å². The number of allylic oxidation sites excluding steroid dienone is 1. The summed E-state index contributed by atoms with van der Waals surface area (Å²) in [4.78, 5) is 0. The van der Waals surface area contributed by atoms with Crippen molar-refractivity contribution < 1.29 is 0 Å². The average Bonchev–Trinajstić information content (AvgIpc) is 2.46. The van der Waals surface area contributed by atoms with Gasteiger partial charge in [0.1, 0.15) is 0 Å². The third-order valence-corrected chi connectivity index (χ3v) is 4.67. The van der Waals surface area contributed by atoms with E-state index >= 15 is 0 Å². The van der Waals surface area contributed by atoms with Crippen LogP contribution in [0.3, 0.4) is 0 Å². The molecule has 2 aromatic carbocycles. The van der Waals surface area contributed by atoms with Crippen LogP contribution in [-0.2, 0) is 0 Å². The highest BCUT2D eigenvalue weighted by molar-refractivity contribution is 5.93. The molecule has 0 saturated heterocycles. The predicted molar refractivity (Wildman–Crippen MR) is 80.8 cm³/mol. The molecule has 2 atom stereocenters. The van der Waals surface area contributed by atoms with E-state index in [2.05, 4.69) is 48.6 Å². The molecule has 19 heavy (non-hydrogen) atoms. The second kappa shape index (κ2) is 4.06. The first-order chi connectivity index (χ1) is 9.33. The number of fused-ring (bicyclic) bond motifs is 5. The average molecular weight is 247 g/mol. The van der Waals surface area contributed by atoms with Crippen LogP contribution in [0.15, 0.2) is 42.5 Å². The van der Waals surface area contributed by atoms with Gasteiger partial charge in [-0.3, -0.25) is 0 Å². The third kappa shape index (κ3) is 1.65. The smallest absolute Gasteiger partial charge is 0.00954 e. The molecule has 0 aliphatic heterocycles. The Morgan fingerprint density at radius 2 is 1.95 bits per heavy atom. The van der Waals surface area contributed by atoms with Crippen LogP contribution in [0, 0.1) is 11.3 Å². The maximum Gasteiger partial charge on any atom is 0.00954 e. The molecule has 2 aliphatic rings. The molecule has 0 heterocycles.